The summed E-state index contributed by atoms with van der Waals surface area (Å²) in [7, 11) is 0. The van der Waals surface area contributed by atoms with Crippen LogP contribution in [0, 0.1) is 0 Å². The zero-order valence-electron chi connectivity index (χ0n) is 10.7. The number of aliphatic hydroxyl groups excluding tert-OH is 2. The third kappa shape index (κ3) is 4.15. The number of hydrogen-bond donors (Lipinski definition) is 2. The van der Waals surface area contributed by atoms with Gasteiger partial charge in [0.1, 0.15) is 0 Å². The fraction of sp³-hybridized carbons (Fsp3) is 1.00. The Bertz CT molecular complexity index is 200. The van der Waals surface area contributed by atoms with Gasteiger partial charge in [-0.05, 0) is 25.7 Å². The predicted octanol–water partition coefficient (Wildman–Crippen LogP) is 3.11. The van der Waals surface area contributed by atoms with Gasteiger partial charge in [0.2, 0.25) is 0 Å². The maximum atomic E-state index is 10.1. The monoisotopic (exact) mass is 258 g/mol. The summed E-state index contributed by atoms with van der Waals surface area (Å²) >= 11 is 1.88. The van der Waals surface area contributed by atoms with E-state index >= 15 is 0 Å². The third-order valence-electron chi connectivity index (χ3n) is 4.18. The fourth-order valence-electron chi connectivity index (χ4n) is 3.05. The highest BCUT2D eigenvalue weighted by Crippen LogP contribution is 2.36. The number of thioether (sulfide) groups is 1. The minimum Gasteiger partial charge on any atom is -0.392 e. The first-order valence-corrected chi connectivity index (χ1v) is 8.23. The molecule has 0 aromatic carbocycles. The van der Waals surface area contributed by atoms with Crippen LogP contribution in [0.1, 0.15) is 64.2 Å². The molecule has 2 aliphatic rings. The molecular weight excluding hydrogens is 232 g/mol. The smallest absolute Gasteiger partial charge is 0.0658 e. The number of rotatable bonds is 2. The molecule has 0 unspecified atom stereocenters. The molecule has 2 rings (SSSR count). The van der Waals surface area contributed by atoms with Crippen molar-refractivity contribution in [2.75, 3.05) is 0 Å². The zero-order chi connectivity index (χ0) is 12.1. The van der Waals surface area contributed by atoms with E-state index in [1.807, 2.05) is 11.8 Å². The maximum absolute atomic E-state index is 10.1. The molecule has 100 valence electrons. The van der Waals surface area contributed by atoms with Gasteiger partial charge in [0.05, 0.1) is 12.2 Å². The third-order valence-corrected chi connectivity index (χ3v) is 5.98. The van der Waals surface area contributed by atoms with Crippen molar-refractivity contribution in [2.45, 2.75) is 86.9 Å². The molecule has 0 bridgehead atoms. The van der Waals surface area contributed by atoms with Crippen molar-refractivity contribution >= 4 is 11.8 Å². The van der Waals surface area contributed by atoms with Gasteiger partial charge in [0.15, 0.2) is 0 Å². The molecule has 0 aromatic heterocycles. The molecule has 2 N–H and O–H groups in total. The lowest BCUT2D eigenvalue weighted by molar-refractivity contribution is 0.154. The van der Waals surface area contributed by atoms with E-state index in [9.17, 15) is 10.2 Å². The average molecular weight is 258 g/mol. The van der Waals surface area contributed by atoms with Crippen LogP contribution >= 0.6 is 11.8 Å². The second-order valence-electron chi connectivity index (χ2n) is 5.62. The van der Waals surface area contributed by atoms with Crippen molar-refractivity contribution in [1.29, 1.82) is 0 Å². The molecule has 4 atom stereocenters. The van der Waals surface area contributed by atoms with Crippen molar-refractivity contribution in [3.05, 3.63) is 0 Å². The Hall–Kier alpha value is 0.270. The number of aliphatic hydroxyl groups is 2. The van der Waals surface area contributed by atoms with Crippen LogP contribution in [0.4, 0.5) is 0 Å². The van der Waals surface area contributed by atoms with Gasteiger partial charge in [-0.15, -0.1) is 11.8 Å². The second kappa shape index (κ2) is 7.01. The SMILES string of the molecule is O[C@@H]1CCCCC[C@H]1S[C@@H]1CCCCC[C@H]1O. The minimum atomic E-state index is -0.141. The van der Waals surface area contributed by atoms with Crippen molar-refractivity contribution in [3.8, 4) is 0 Å². The maximum Gasteiger partial charge on any atom is 0.0658 e. The molecule has 0 aromatic rings. The Morgan fingerprint density at radius 3 is 1.47 bits per heavy atom. The van der Waals surface area contributed by atoms with Crippen LogP contribution < -0.4 is 0 Å². The van der Waals surface area contributed by atoms with Gasteiger partial charge in [-0.2, -0.15) is 0 Å². The highest BCUT2D eigenvalue weighted by atomic mass is 32.2. The van der Waals surface area contributed by atoms with Gasteiger partial charge in [-0.25, -0.2) is 0 Å². The Morgan fingerprint density at radius 1 is 0.588 bits per heavy atom. The normalized spacial score (nSPS) is 40.6. The summed E-state index contributed by atoms with van der Waals surface area (Å²) in [6.45, 7) is 0. The largest absolute Gasteiger partial charge is 0.392 e. The summed E-state index contributed by atoms with van der Waals surface area (Å²) in [4.78, 5) is 0. The van der Waals surface area contributed by atoms with Gasteiger partial charge >= 0.3 is 0 Å². The van der Waals surface area contributed by atoms with E-state index < -0.39 is 0 Å². The van der Waals surface area contributed by atoms with E-state index in [0.717, 1.165) is 25.7 Å². The molecule has 2 aliphatic carbocycles. The van der Waals surface area contributed by atoms with Crippen LogP contribution in [-0.4, -0.2) is 32.9 Å². The lowest BCUT2D eigenvalue weighted by Gasteiger charge is -2.27. The first-order valence-electron chi connectivity index (χ1n) is 7.29. The average Bonchev–Trinajstić information content (AvgIpc) is 2.63. The standard InChI is InChI=1S/C14H26O2S/c15-11-7-3-1-5-9-13(11)17-14-10-6-2-4-8-12(14)16/h11-16H,1-10H2/t11-,12-,13-,14-/m1/s1. The van der Waals surface area contributed by atoms with E-state index in [2.05, 4.69) is 0 Å². The van der Waals surface area contributed by atoms with Crippen LogP contribution in [0.2, 0.25) is 0 Å². The summed E-state index contributed by atoms with van der Waals surface area (Å²) in [6, 6.07) is 0. The van der Waals surface area contributed by atoms with Gasteiger partial charge in [0.25, 0.3) is 0 Å². The predicted molar refractivity (Wildman–Crippen MR) is 73.4 cm³/mol. The van der Waals surface area contributed by atoms with Gasteiger partial charge < -0.3 is 10.2 Å². The summed E-state index contributed by atoms with van der Waals surface area (Å²) in [5.74, 6) is 0. The molecule has 0 radical (unpaired) electrons. The van der Waals surface area contributed by atoms with Crippen molar-refractivity contribution < 1.29 is 10.2 Å². The molecule has 2 nitrogen and oxygen atoms in total. The highest BCUT2D eigenvalue weighted by Gasteiger charge is 2.29. The van der Waals surface area contributed by atoms with Gasteiger partial charge in [-0.3, -0.25) is 0 Å². The number of hydrogen-bond acceptors (Lipinski definition) is 3. The Labute approximate surface area is 109 Å². The van der Waals surface area contributed by atoms with Crippen LogP contribution in [0.3, 0.4) is 0 Å². The van der Waals surface area contributed by atoms with Crippen LogP contribution in [0.25, 0.3) is 0 Å². The minimum absolute atomic E-state index is 0.141. The quantitative estimate of drug-likeness (QED) is 0.748. The van der Waals surface area contributed by atoms with Crippen LogP contribution in [0.5, 0.6) is 0 Å². The molecule has 0 spiro atoms. The lowest BCUT2D eigenvalue weighted by Crippen LogP contribution is -2.29. The molecular formula is C14H26O2S. The molecule has 17 heavy (non-hydrogen) atoms. The van der Waals surface area contributed by atoms with Crippen LogP contribution in [-0.2, 0) is 0 Å². The second-order valence-corrected chi connectivity index (χ2v) is 7.11. The first kappa shape index (κ1) is 13.7. The zero-order valence-corrected chi connectivity index (χ0v) is 11.5. The van der Waals surface area contributed by atoms with Crippen molar-refractivity contribution in [1.82, 2.24) is 0 Å². The fourth-order valence-corrected chi connectivity index (χ4v) is 4.74. The van der Waals surface area contributed by atoms with Gasteiger partial charge in [0, 0.05) is 10.5 Å². The van der Waals surface area contributed by atoms with E-state index in [4.69, 9.17) is 0 Å². The summed E-state index contributed by atoms with van der Waals surface area (Å²) < 4.78 is 0. The Balaban J connectivity index is 1.88. The lowest BCUT2D eigenvalue weighted by atomic mass is 10.1. The van der Waals surface area contributed by atoms with Gasteiger partial charge in [-0.1, -0.05) is 38.5 Å². The molecule has 3 heteroatoms. The van der Waals surface area contributed by atoms with Crippen molar-refractivity contribution in [2.24, 2.45) is 0 Å². The van der Waals surface area contributed by atoms with E-state index in [0.29, 0.717) is 10.5 Å². The van der Waals surface area contributed by atoms with Crippen LogP contribution in [0.15, 0.2) is 0 Å². The topological polar surface area (TPSA) is 40.5 Å². The molecule has 0 heterocycles. The summed E-state index contributed by atoms with van der Waals surface area (Å²) in [5.41, 5.74) is 0. The molecule has 0 aliphatic heterocycles. The van der Waals surface area contributed by atoms with E-state index in [1.165, 1.54) is 38.5 Å². The molecule has 2 fully saturated rings. The van der Waals surface area contributed by atoms with Crippen molar-refractivity contribution in [3.63, 3.8) is 0 Å². The Kier molecular flexibility index (Phi) is 5.64. The molecule has 2 saturated carbocycles. The van der Waals surface area contributed by atoms with E-state index in [-0.39, 0.29) is 12.2 Å². The summed E-state index contributed by atoms with van der Waals surface area (Å²) in [5, 5.41) is 21.0. The highest BCUT2D eigenvalue weighted by molar-refractivity contribution is 8.00. The first-order chi connectivity index (χ1) is 8.27. The Morgan fingerprint density at radius 2 is 1.00 bits per heavy atom. The van der Waals surface area contributed by atoms with E-state index in [1.54, 1.807) is 0 Å². The summed E-state index contributed by atoms with van der Waals surface area (Å²) in [6.07, 6.45) is 11.3. The molecule has 0 amide bonds. The molecule has 0 saturated heterocycles.